The summed E-state index contributed by atoms with van der Waals surface area (Å²) < 4.78 is 5.15. The molecule has 5 nitrogen and oxygen atoms in total. The quantitative estimate of drug-likeness (QED) is 0.793. The molecule has 1 aromatic rings. The van der Waals surface area contributed by atoms with Gasteiger partial charge in [0, 0.05) is 32.1 Å². The molecule has 1 heterocycles. The summed E-state index contributed by atoms with van der Waals surface area (Å²) in [4.78, 5) is 13.8. The molecule has 0 aliphatic carbocycles. The number of nitrogens with two attached hydrogens (primary N) is 1. The fourth-order valence-corrected chi connectivity index (χ4v) is 2.24. The third-order valence-corrected chi connectivity index (χ3v) is 3.37. The van der Waals surface area contributed by atoms with Crippen molar-refractivity contribution in [1.82, 2.24) is 4.90 Å². The first kappa shape index (κ1) is 13.5. The number of anilines is 2. The van der Waals surface area contributed by atoms with Gasteiger partial charge in [0.1, 0.15) is 5.75 Å². The predicted molar refractivity (Wildman–Crippen MR) is 76.3 cm³/mol. The molecule has 5 heteroatoms. The van der Waals surface area contributed by atoms with Crippen LogP contribution in [0.3, 0.4) is 0 Å². The third kappa shape index (κ3) is 3.53. The first-order valence-corrected chi connectivity index (χ1v) is 6.66. The lowest BCUT2D eigenvalue weighted by Gasteiger charge is -2.16. The van der Waals surface area contributed by atoms with E-state index in [1.165, 1.54) is 0 Å². The van der Waals surface area contributed by atoms with Gasteiger partial charge in [0.25, 0.3) is 0 Å². The summed E-state index contributed by atoms with van der Waals surface area (Å²) in [6, 6.07) is 5.45. The predicted octanol–water partition coefficient (Wildman–Crippen LogP) is 1.70. The van der Waals surface area contributed by atoms with E-state index in [4.69, 9.17) is 10.5 Å². The van der Waals surface area contributed by atoms with Crippen LogP contribution in [0.1, 0.15) is 19.3 Å². The van der Waals surface area contributed by atoms with Gasteiger partial charge in [-0.05, 0) is 25.0 Å². The van der Waals surface area contributed by atoms with Crippen LogP contribution >= 0.6 is 0 Å². The van der Waals surface area contributed by atoms with Gasteiger partial charge in [-0.25, -0.2) is 0 Å². The van der Waals surface area contributed by atoms with Crippen molar-refractivity contribution in [2.24, 2.45) is 0 Å². The number of nitrogen functional groups attached to an aromatic ring is 1. The minimum Gasteiger partial charge on any atom is -0.497 e. The Morgan fingerprint density at radius 1 is 1.42 bits per heavy atom. The lowest BCUT2D eigenvalue weighted by Crippen LogP contribution is -2.29. The van der Waals surface area contributed by atoms with Crippen LogP contribution in [0.15, 0.2) is 18.2 Å². The molecule has 19 heavy (non-hydrogen) atoms. The average Bonchev–Trinajstić information content (AvgIpc) is 2.95. The smallest absolute Gasteiger partial charge is 0.224 e. The molecule has 0 bridgehead atoms. The normalized spacial score (nSPS) is 14.5. The number of hydrogen-bond acceptors (Lipinski definition) is 4. The van der Waals surface area contributed by atoms with Gasteiger partial charge in [-0.15, -0.1) is 0 Å². The monoisotopic (exact) mass is 263 g/mol. The molecule has 1 aliphatic rings. The summed E-state index contributed by atoms with van der Waals surface area (Å²) in [7, 11) is 1.62. The second kappa shape index (κ2) is 6.31. The Morgan fingerprint density at radius 3 is 2.84 bits per heavy atom. The van der Waals surface area contributed by atoms with Crippen molar-refractivity contribution in [3.05, 3.63) is 18.2 Å². The Balaban J connectivity index is 1.83. The van der Waals surface area contributed by atoms with E-state index >= 15 is 0 Å². The van der Waals surface area contributed by atoms with Crippen molar-refractivity contribution < 1.29 is 9.53 Å². The Hall–Kier alpha value is -1.91. The highest BCUT2D eigenvalue weighted by molar-refractivity contribution is 5.77. The summed E-state index contributed by atoms with van der Waals surface area (Å²) in [6.07, 6.45) is 2.75. The number of benzene rings is 1. The van der Waals surface area contributed by atoms with Crippen LogP contribution in [0.2, 0.25) is 0 Å². The molecule has 1 aliphatic heterocycles. The number of carbonyl (C=O) groups is 1. The number of nitrogens with zero attached hydrogens (tertiary/aromatic N) is 1. The molecule has 0 atom stereocenters. The average molecular weight is 263 g/mol. The fraction of sp³-hybridized carbons (Fsp3) is 0.500. The maximum Gasteiger partial charge on any atom is 0.224 e. The lowest BCUT2D eigenvalue weighted by molar-refractivity contribution is -0.129. The standard InChI is InChI=1S/C14H21N3O2/c1-19-11-4-5-12(15)13(10-11)16-7-6-14(18)17-8-2-3-9-17/h4-5,10,16H,2-3,6-9,15H2,1H3. The number of amides is 1. The molecule has 0 unspecified atom stereocenters. The van der Waals surface area contributed by atoms with Crippen LogP contribution in [0.25, 0.3) is 0 Å². The molecular weight excluding hydrogens is 242 g/mol. The molecule has 2 rings (SSSR count). The second-order valence-corrected chi connectivity index (χ2v) is 4.72. The first-order chi connectivity index (χ1) is 9.20. The lowest BCUT2D eigenvalue weighted by atomic mass is 10.2. The Bertz CT molecular complexity index is 442. The molecular formula is C14H21N3O2. The maximum atomic E-state index is 11.9. The largest absolute Gasteiger partial charge is 0.497 e. The van der Waals surface area contributed by atoms with E-state index in [1.807, 2.05) is 17.0 Å². The minimum absolute atomic E-state index is 0.214. The van der Waals surface area contributed by atoms with Gasteiger partial charge in [0.2, 0.25) is 5.91 Å². The number of ether oxygens (including phenoxy) is 1. The second-order valence-electron chi connectivity index (χ2n) is 4.72. The molecule has 0 saturated carbocycles. The maximum absolute atomic E-state index is 11.9. The van der Waals surface area contributed by atoms with Crippen molar-refractivity contribution in [3.63, 3.8) is 0 Å². The molecule has 1 aromatic carbocycles. The van der Waals surface area contributed by atoms with Gasteiger partial charge in [0.15, 0.2) is 0 Å². The van der Waals surface area contributed by atoms with Gasteiger partial charge in [-0.1, -0.05) is 0 Å². The van der Waals surface area contributed by atoms with Gasteiger partial charge in [-0.3, -0.25) is 4.79 Å². The first-order valence-electron chi connectivity index (χ1n) is 6.66. The number of carbonyl (C=O) groups excluding carboxylic acids is 1. The summed E-state index contributed by atoms with van der Waals surface area (Å²) in [5, 5.41) is 3.19. The number of rotatable bonds is 5. The SMILES string of the molecule is COc1ccc(N)c(NCCC(=O)N2CCCC2)c1. The van der Waals surface area contributed by atoms with Crippen LogP contribution in [-0.4, -0.2) is 37.6 Å². The highest BCUT2D eigenvalue weighted by Crippen LogP contribution is 2.24. The fourth-order valence-electron chi connectivity index (χ4n) is 2.24. The zero-order valence-electron chi connectivity index (χ0n) is 11.3. The van der Waals surface area contributed by atoms with Crippen molar-refractivity contribution in [1.29, 1.82) is 0 Å². The number of nitrogens with one attached hydrogen (secondary N) is 1. The van der Waals surface area contributed by atoms with Gasteiger partial charge < -0.3 is 20.7 Å². The van der Waals surface area contributed by atoms with E-state index in [9.17, 15) is 4.79 Å². The molecule has 1 fully saturated rings. The topological polar surface area (TPSA) is 67.6 Å². The highest BCUT2D eigenvalue weighted by atomic mass is 16.5. The van der Waals surface area contributed by atoms with Crippen LogP contribution in [0.5, 0.6) is 5.75 Å². The molecule has 0 radical (unpaired) electrons. The van der Waals surface area contributed by atoms with E-state index in [0.717, 1.165) is 37.4 Å². The van der Waals surface area contributed by atoms with Crippen LogP contribution in [-0.2, 0) is 4.79 Å². The summed E-state index contributed by atoms with van der Waals surface area (Å²) >= 11 is 0. The van der Waals surface area contributed by atoms with Gasteiger partial charge in [0.05, 0.1) is 18.5 Å². The highest BCUT2D eigenvalue weighted by Gasteiger charge is 2.17. The van der Waals surface area contributed by atoms with Crippen LogP contribution in [0, 0.1) is 0 Å². The van der Waals surface area contributed by atoms with Crippen LogP contribution in [0.4, 0.5) is 11.4 Å². The minimum atomic E-state index is 0.214. The van der Waals surface area contributed by atoms with Crippen molar-refractivity contribution in [2.45, 2.75) is 19.3 Å². The molecule has 1 amide bonds. The summed E-state index contributed by atoms with van der Waals surface area (Å²) in [5.41, 5.74) is 7.34. The number of hydrogen-bond donors (Lipinski definition) is 2. The Morgan fingerprint density at radius 2 is 2.16 bits per heavy atom. The molecule has 0 spiro atoms. The molecule has 104 valence electrons. The molecule has 3 N–H and O–H groups in total. The third-order valence-electron chi connectivity index (χ3n) is 3.37. The number of likely N-dealkylation sites (tertiary alicyclic amines) is 1. The van der Waals surface area contributed by atoms with Crippen LogP contribution < -0.4 is 15.8 Å². The summed E-state index contributed by atoms with van der Waals surface area (Å²) in [6.45, 7) is 2.40. The Labute approximate surface area is 113 Å². The zero-order chi connectivity index (χ0) is 13.7. The van der Waals surface area contributed by atoms with E-state index in [0.29, 0.717) is 18.7 Å². The van der Waals surface area contributed by atoms with E-state index < -0.39 is 0 Å². The summed E-state index contributed by atoms with van der Waals surface area (Å²) in [5.74, 6) is 0.967. The van der Waals surface area contributed by atoms with E-state index in [1.54, 1.807) is 13.2 Å². The van der Waals surface area contributed by atoms with Crippen molar-refractivity contribution >= 4 is 17.3 Å². The molecule has 0 aromatic heterocycles. The van der Waals surface area contributed by atoms with Crippen molar-refractivity contribution in [2.75, 3.05) is 37.8 Å². The Kier molecular flexibility index (Phi) is 4.49. The van der Waals surface area contributed by atoms with Gasteiger partial charge >= 0.3 is 0 Å². The van der Waals surface area contributed by atoms with E-state index in [-0.39, 0.29) is 5.91 Å². The van der Waals surface area contributed by atoms with Gasteiger partial charge in [-0.2, -0.15) is 0 Å². The van der Waals surface area contributed by atoms with Crippen molar-refractivity contribution in [3.8, 4) is 5.75 Å². The molecule has 1 saturated heterocycles. The van der Waals surface area contributed by atoms with E-state index in [2.05, 4.69) is 5.32 Å². The number of methoxy groups -OCH3 is 1. The zero-order valence-corrected chi connectivity index (χ0v) is 11.3.